The summed E-state index contributed by atoms with van der Waals surface area (Å²) in [5.74, 6) is -4.21. The number of oxime groups is 1. The molecule has 394 valence electrons. The first-order chi connectivity index (χ1) is 32.7. The molecule has 3 fully saturated rings. The molecule has 0 radical (unpaired) electrons. The van der Waals surface area contributed by atoms with Gasteiger partial charge in [0.1, 0.15) is 17.6 Å². The molecule has 1 aromatic carbocycles. The normalized spacial score (nSPS) is 33.9. The first-order valence-corrected chi connectivity index (χ1v) is 24.7. The molecule has 20 heteroatoms. The highest BCUT2D eigenvalue weighted by atomic mass is 16.8. The van der Waals surface area contributed by atoms with E-state index >= 15 is 0 Å². The fourth-order valence-electron chi connectivity index (χ4n) is 9.05. The van der Waals surface area contributed by atoms with Gasteiger partial charge in [0.2, 0.25) is 6.29 Å². The van der Waals surface area contributed by atoms with Crippen LogP contribution in [-0.4, -0.2) is 126 Å². The van der Waals surface area contributed by atoms with Crippen LogP contribution >= 0.6 is 0 Å². The minimum absolute atomic E-state index is 0.0682. The number of benzene rings is 1. The Bertz CT molecular complexity index is 1780. The summed E-state index contributed by atoms with van der Waals surface area (Å²) in [6.45, 7) is 21.5. The van der Waals surface area contributed by atoms with Crippen molar-refractivity contribution in [1.82, 2.24) is 21.3 Å². The van der Waals surface area contributed by atoms with Crippen molar-refractivity contribution in [3.8, 4) is 0 Å². The Morgan fingerprint density at radius 1 is 1.03 bits per heavy atom. The van der Waals surface area contributed by atoms with Crippen molar-refractivity contribution in [2.45, 2.75) is 188 Å². The number of nitrogens with one attached hydrogen (secondary N) is 3. The summed E-state index contributed by atoms with van der Waals surface area (Å²) in [6, 6.07) is 6.84. The number of Topliss-reactive ketones (excluding diaryl/α,β-unsaturated/α-hetero) is 1. The van der Waals surface area contributed by atoms with Crippen LogP contribution in [0, 0.1) is 38.7 Å². The molecule has 13 atom stereocenters. The van der Waals surface area contributed by atoms with Crippen LogP contribution < -0.4 is 16.3 Å². The van der Waals surface area contributed by atoms with Gasteiger partial charge in [0.25, 0.3) is 5.69 Å². The lowest BCUT2D eigenvalue weighted by molar-refractivity contribution is -0.384. The Kier molecular flexibility index (Phi) is 26.4. The second-order valence-electron chi connectivity index (χ2n) is 18.4. The van der Waals surface area contributed by atoms with Gasteiger partial charge in [0.05, 0.1) is 48.2 Å². The molecule has 0 amide bonds. The van der Waals surface area contributed by atoms with Gasteiger partial charge in [-0.3, -0.25) is 24.7 Å². The summed E-state index contributed by atoms with van der Waals surface area (Å²) in [7, 11) is 4.67. The number of hydrazine groups is 2. The number of carbonyl (C=O) groups is 2. The van der Waals surface area contributed by atoms with Crippen LogP contribution in [0.1, 0.15) is 133 Å². The van der Waals surface area contributed by atoms with Crippen molar-refractivity contribution in [3.05, 3.63) is 56.7 Å². The fourth-order valence-corrected chi connectivity index (χ4v) is 9.05. The van der Waals surface area contributed by atoms with E-state index in [1.165, 1.54) is 33.0 Å². The number of nitro groups is 1. The lowest BCUT2D eigenvalue weighted by Gasteiger charge is -2.45. The lowest BCUT2D eigenvalue weighted by Crippen LogP contribution is -2.58. The Morgan fingerprint density at radius 3 is 2.22 bits per heavy atom. The molecule has 0 bridgehead atoms. The second-order valence-corrected chi connectivity index (χ2v) is 18.4. The summed E-state index contributed by atoms with van der Waals surface area (Å²) in [4.78, 5) is 52.0. The van der Waals surface area contributed by atoms with E-state index in [0.29, 0.717) is 31.6 Å². The van der Waals surface area contributed by atoms with E-state index < -0.39 is 65.8 Å². The smallest absolute Gasteiger partial charge is 0.316 e. The summed E-state index contributed by atoms with van der Waals surface area (Å²) in [5, 5.41) is 45.9. The van der Waals surface area contributed by atoms with Gasteiger partial charge in [-0.05, 0) is 85.3 Å². The Labute approximate surface area is 410 Å². The van der Waals surface area contributed by atoms with Crippen molar-refractivity contribution < 1.29 is 53.2 Å². The average molecular weight is 980 g/mol. The van der Waals surface area contributed by atoms with Crippen molar-refractivity contribution in [2.24, 2.45) is 34.0 Å². The first kappa shape index (κ1) is 61.0. The molecular weight excluding hydrogens is 895 g/mol. The van der Waals surface area contributed by atoms with Crippen LogP contribution in [0.4, 0.5) is 5.69 Å². The average Bonchev–Trinajstić information content (AvgIpc) is 3.82. The largest absolute Gasteiger partial charge is 0.459 e. The van der Waals surface area contributed by atoms with E-state index in [1.807, 2.05) is 52.9 Å². The molecule has 5 N–H and O–H groups in total. The molecule has 0 aromatic heterocycles. The van der Waals surface area contributed by atoms with Crippen molar-refractivity contribution >= 4 is 23.2 Å². The zero-order valence-corrected chi connectivity index (χ0v) is 43.7. The number of nitro benzene ring substituents is 1. The number of hydrogen-bond donors (Lipinski definition) is 5. The van der Waals surface area contributed by atoms with Crippen LogP contribution in [0.2, 0.25) is 0 Å². The third kappa shape index (κ3) is 17.9. The number of esters is 1. The highest BCUT2D eigenvalue weighted by Crippen LogP contribution is 2.38. The van der Waals surface area contributed by atoms with Crippen LogP contribution in [0.25, 0.3) is 0 Å². The number of nitrogens with zero attached hydrogens (tertiary/aromatic N) is 4. The van der Waals surface area contributed by atoms with E-state index in [1.54, 1.807) is 40.0 Å². The predicted octanol–water partition coefficient (Wildman–Crippen LogP) is 6.86. The first-order valence-electron chi connectivity index (χ1n) is 24.7. The molecule has 0 saturated carbocycles. The van der Waals surface area contributed by atoms with E-state index in [0.717, 1.165) is 49.9 Å². The molecule has 3 saturated heterocycles. The zero-order chi connectivity index (χ0) is 52.1. The maximum absolute atomic E-state index is 14.0. The minimum Gasteiger partial charge on any atom is -0.459 e. The van der Waals surface area contributed by atoms with Crippen molar-refractivity contribution in [2.75, 3.05) is 34.4 Å². The Hall–Kier alpha value is -4.15. The molecule has 0 aliphatic carbocycles. The standard InChI is InChI=1S/C34H60N2O10.C12H16N4O2.C2H6.CH3NO/c1-11-25-34(8,40)30(38)21(4)28(36-46-26-14-12-13-15-42-26)19(2)18-33(7,41-10)31(22(5)29(37)23(6)32(39)44-25)45-27-17-24(35-9)16-20(3)43-27;1-2-11-9-15(14-13-11)8-7-10-3-5-12(6-4-10)16(17)18;1-2;1-2-3/h19-27,30-31,35,38,40H,11-18H2,1-10H3;3-6,9,13-14H,2,7-8H2,1H3;1-2H3;1H3/b36-28+;;;/t19-,20-,21+,22+,23-,24+,25-,26?,27+,30-,31-,33-,34-;;;/m1.../s1. The number of nitroso groups, excluding NO2 is 1. The molecule has 4 heterocycles. The SMILES string of the molecule is CC.CCC1=CN(CCc2ccc([N+](=O)[O-])cc2)NN1.CC[C@H]1OC(=O)[C@H](C)C(=O)[C@H](C)[C@@H](O[C@H]2C[C@@H](NC)C[C@@H](C)O2)[C@](C)(OC)C[C@@H](C)/C(=N\OC2CCCCO2)[C@H](C)[C@@H](O)[C@]1(C)O.CN=O. The monoisotopic (exact) mass is 980 g/mol. The molecule has 69 heavy (non-hydrogen) atoms. The topological polar surface area (TPSA) is 254 Å². The molecular formula is C49H85N7O13. The Balaban J connectivity index is 0.000000584. The number of ether oxygens (including phenoxy) is 5. The molecule has 4 aliphatic heterocycles. The van der Waals surface area contributed by atoms with E-state index in [4.69, 9.17) is 33.4 Å². The van der Waals surface area contributed by atoms with Crippen molar-refractivity contribution in [3.63, 3.8) is 0 Å². The second kappa shape index (κ2) is 29.9. The molecule has 1 unspecified atom stereocenters. The molecule has 4 aliphatic rings. The summed E-state index contributed by atoms with van der Waals surface area (Å²) in [6.07, 6.45) is 3.81. The number of rotatable bonds is 12. The van der Waals surface area contributed by atoms with Crippen LogP contribution in [-0.2, 0) is 44.5 Å². The fraction of sp³-hybridized carbons (Fsp3) is 0.776. The van der Waals surface area contributed by atoms with Gasteiger partial charge in [-0.1, -0.05) is 70.9 Å². The van der Waals surface area contributed by atoms with E-state index in [-0.39, 0.29) is 40.9 Å². The van der Waals surface area contributed by atoms with Gasteiger partial charge in [0.15, 0.2) is 12.1 Å². The van der Waals surface area contributed by atoms with Gasteiger partial charge in [-0.25, -0.2) is 0 Å². The van der Waals surface area contributed by atoms with E-state index in [9.17, 15) is 29.9 Å². The van der Waals surface area contributed by atoms with E-state index in [2.05, 4.69) is 33.5 Å². The molecule has 1 aromatic rings. The number of methoxy groups -OCH3 is 1. The minimum atomic E-state index is -1.86. The summed E-state index contributed by atoms with van der Waals surface area (Å²) >= 11 is 0. The quantitative estimate of drug-likeness (QED) is 0.0471. The van der Waals surface area contributed by atoms with Gasteiger partial charge >= 0.3 is 5.97 Å². The molecule has 20 nitrogen and oxygen atoms in total. The highest BCUT2D eigenvalue weighted by Gasteiger charge is 2.50. The lowest BCUT2D eigenvalue weighted by atomic mass is 9.74. The van der Waals surface area contributed by atoms with Crippen LogP contribution in [0.15, 0.2) is 46.5 Å². The summed E-state index contributed by atoms with van der Waals surface area (Å²) in [5.41, 5.74) is 6.01. The maximum atomic E-state index is 14.0. The number of cyclic esters (lactones) is 1. The molecule has 0 spiro atoms. The zero-order valence-electron chi connectivity index (χ0n) is 43.7. The number of aliphatic hydroxyl groups excluding tert-OH is 1. The van der Waals surface area contributed by atoms with Crippen LogP contribution in [0.5, 0.6) is 0 Å². The molecule has 5 rings (SSSR count). The third-order valence-electron chi connectivity index (χ3n) is 13.2. The third-order valence-corrected chi connectivity index (χ3v) is 13.2. The number of hydrogen-bond acceptors (Lipinski definition) is 19. The summed E-state index contributed by atoms with van der Waals surface area (Å²) < 4.78 is 30.6. The van der Waals surface area contributed by atoms with Crippen molar-refractivity contribution in [1.29, 1.82) is 0 Å². The number of ketones is 1. The van der Waals surface area contributed by atoms with Gasteiger partial charge in [-0.2, -0.15) is 4.91 Å². The number of carbonyl (C=O) groups excluding carboxylic acids is 2. The maximum Gasteiger partial charge on any atom is 0.316 e. The van der Waals surface area contributed by atoms with Gasteiger partial charge in [-0.15, -0.1) is 5.53 Å². The number of non-ortho nitro benzene ring substituents is 1. The number of aliphatic hydroxyl groups is 2. The van der Waals surface area contributed by atoms with Gasteiger partial charge in [0, 0.05) is 74.3 Å². The highest BCUT2D eigenvalue weighted by molar-refractivity contribution is 6.00. The predicted molar refractivity (Wildman–Crippen MR) is 263 cm³/mol. The number of allylic oxidation sites excluding steroid dienone is 1. The van der Waals surface area contributed by atoms with Gasteiger partial charge < -0.3 is 49.5 Å². The van der Waals surface area contributed by atoms with Crippen LogP contribution in [0.3, 0.4) is 0 Å². The Morgan fingerprint density at radius 2 is 1.68 bits per heavy atom.